The van der Waals surface area contributed by atoms with Gasteiger partial charge in [0.25, 0.3) is 11.8 Å². The van der Waals surface area contributed by atoms with Crippen LogP contribution in [0.5, 0.6) is 17.2 Å². The predicted octanol–water partition coefficient (Wildman–Crippen LogP) is 1.10. The normalized spacial score (nSPS) is 11.6. The second kappa shape index (κ2) is 8.43. The Bertz CT molecular complexity index is 821. The third kappa shape index (κ3) is 4.49. The van der Waals surface area contributed by atoms with E-state index in [0.717, 1.165) is 11.3 Å². The summed E-state index contributed by atoms with van der Waals surface area (Å²) < 4.78 is 17.6. The Morgan fingerprint density at radius 3 is 2.30 bits per heavy atom. The van der Waals surface area contributed by atoms with Crippen molar-refractivity contribution in [3.63, 3.8) is 0 Å². The summed E-state index contributed by atoms with van der Waals surface area (Å²) in [5.41, 5.74) is 7.32. The molecule has 0 bridgehead atoms. The molecule has 0 unspecified atom stereocenters. The summed E-state index contributed by atoms with van der Waals surface area (Å²) >= 11 is 0. The maximum Gasteiger partial charge on any atom is 0.255 e. The van der Waals surface area contributed by atoms with Crippen LogP contribution in [0, 0.1) is 6.92 Å². The first-order valence-electron chi connectivity index (χ1n) is 8.25. The number of nitrogens with zero attached hydrogens (tertiary/aromatic N) is 2. The van der Waals surface area contributed by atoms with Gasteiger partial charge in [0.2, 0.25) is 5.75 Å². The molecule has 9 heteroatoms. The fraction of sp³-hybridized carbons (Fsp3) is 0.389. The van der Waals surface area contributed by atoms with E-state index in [9.17, 15) is 9.59 Å². The van der Waals surface area contributed by atoms with Crippen molar-refractivity contribution < 1.29 is 23.8 Å². The van der Waals surface area contributed by atoms with Crippen LogP contribution in [0.25, 0.3) is 0 Å². The molecule has 9 nitrogen and oxygen atoms in total. The summed E-state index contributed by atoms with van der Waals surface area (Å²) in [6, 6.07) is 2.78. The first kappa shape index (κ1) is 20.1. The lowest BCUT2D eigenvalue weighted by Gasteiger charge is -2.17. The lowest BCUT2D eigenvalue weighted by atomic mass is 10.1. The number of primary amides is 1. The van der Waals surface area contributed by atoms with E-state index in [1.165, 1.54) is 26.4 Å². The van der Waals surface area contributed by atoms with Crippen molar-refractivity contribution in [2.75, 3.05) is 20.8 Å². The highest BCUT2D eigenvalue weighted by Crippen LogP contribution is 2.38. The minimum Gasteiger partial charge on any atom is -0.493 e. The molecular formula is C18H24N4O5. The molecule has 1 aromatic heterocycles. The molecule has 1 aromatic carbocycles. The largest absolute Gasteiger partial charge is 0.493 e. The fourth-order valence-corrected chi connectivity index (χ4v) is 2.60. The molecule has 2 amide bonds. The molecule has 2 rings (SSSR count). The number of carbonyl (C=O) groups is 2. The van der Waals surface area contributed by atoms with Crippen LogP contribution >= 0.6 is 0 Å². The molecule has 0 saturated carbocycles. The van der Waals surface area contributed by atoms with Crippen molar-refractivity contribution in [1.82, 2.24) is 15.1 Å². The van der Waals surface area contributed by atoms with E-state index in [1.807, 2.05) is 20.9 Å². The van der Waals surface area contributed by atoms with Crippen LogP contribution in [0.15, 0.2) is 18.3 Å². The number of aryl methyl sites for hydroxylation is 1. The Morgan fingerprint density at radius 1 is 1.26 bits per heavy atom. The molecule has 0 fully saturated rings. The molecule has 2 aromatic rings. The van der Waals surface area contributed by atoms with Gasteiger partial charge in [-0.05, 0) is 26.0 Å². The molecule has 3 N–H and O–H groups in total. The summed E-state index contributed by atoms with van der Waals surface area (Å²) in [6.07, 6.45) is 1.72. The molecule has 27 heavy (non-hydrogen) atoms. The van der Waals surface area contributed by atoms with Crippen LogP contribution in [0.3, 0.4) is 0 Å². The van der Waals surface area contributed by atoms with Gasteiger partial charge in [0, 0.05) is 23.9 Å². The Hall–Kier alpha value is -3.23. The zero-order chi connectivity index (χ0) is 20.1. The predicted molar refractivity (Wildman–Crippen MR) is 98.1 cm³/mol. The quantitative estimate of drug-likeness (QED) is 0.712. The number of nitrogens with one attached hydrogen (secondary N) is 1. The summed E-state index contributed by atoms with van der Waals surface area (Å²) in [4.78, 5) is 23.7. The molecule has 0 aliphatic rings. The highest BCUT2D eigenvalue weighted by molar-refractivity contribution is 5.96. The van der Waals surface area contributed by atoms with Crippen molar-refractivity contribution in [3.05, 3.63) is 35.2 Å². The molecule has 0 radical (unpaired) electrons. The van der Waals surface area contributed by atoms with Crippen molar-refractivity contribution in [3.8, 4) is 17.2 Å². The van der Waals surface area contributed by atoms with E-state index in [4.69, 9.17) is 19.9 Å². The second-order valence-electron chi connectivity index (χ2n) is 5.97. The highest BCUT2D eigenvalue weighted by Gasteiger charge is 2.20. The molecule has 0 saturated heterocycles. The Balaban J connectivity index is 2.27. The SMILES string of the molecule is COc1cc(C(=O)N[C@@H](C)c2cnn(C)c2C)cc(OC)c1OCC(N)=O. The molecule has 0 aliphatic heterocycles. The molecule has 1 atom stereocenters. The molecule has 0 spiro atoms. The Labute approximate surface area is 157 Å². The number of nitrogens with two attached hydrogens (primary N) is 1. The van der Waals surface area contributed by atoms with E-state index in [2.05, 4.69) is 10.4 Å². The van der Waals surface area contributed by atoms with Crippen molar-refractivity contribution in [2.45, 2.75) is 19.9 Å². The molecular weight excluding hydrogens is 352 g/mol. The number of rotatable bonds is 8. The number of ether oxygens (including phenoxy) is 3. The topological polar surface area (TPSA) is 118 Å². The lowest BCUT2D eigenvalue weighted by Crippen LogP contribution is -2.27. The van der Waals surface area contributed by atoms with Crippen LogP contribution in [0.2, 0.25) is 0 Å². The highest BCUT2D eigenvalue weighted by atomic mass is 16.5. The molecule has 0 aliphatic carbocycles. The first-order chi connectivity index (χ1) is 12.8. The van der Waals surface area contributed by atoms with Crippen molar-refractivity contribution in [2.24, 2.45) is 12.8 Å². The average Bonchev–Trinajstić information content (AvgIpc) is 2.97. The summed E-state index contributed by atoms with van der Waals surface area (Å²) in [5.74, 6) is -0.242. The van der Waals surface area contributed by atoms with Crippen LogP contribution in [0.1, 0.15) is 34.6 Å². The lowest BCUT2D eigenvalue weighted by molar-refractivity contribution is -0.120. The second-order valence-corrected chi connectivity index (χ2v) is 5.97. The van der Waals surface area contributed by atoms with Gasteiger partial charge in [-0.25, -0.2) is 0 Å². The minimum absolute atomic E-state index is 0.200. The maximum absolute atomic E-state index is 12.7. The maximum atomic E-state index is 12.7. The van der Waals surface area contributed by atoms with E-state index < -0.39 is 5.91 Å². The first-order valence-corrected chi connectivity index (χ1v) is 8.25. The van der Waals surface area contributed by atoms with Gasteiger partial charge >= 0.3 is 0 Å². The summed E-state index contributed by atoms with van der Waals surface area (Å²) in [5, 5.41) is 7.11. The molecule has 1 heterocycles. The summed E-state index contributed by atoms with van der Waals surface area (Å²) in [7, 11) is 4.69. The van der Waals surface area contributed by atoms with Crippen molar-refractivity contribution in [1.29, 1.82) is 0 Å². The zero-order valence-electron chi connectivity index (χ0n) is 16.0. The Kier molecular flexibility index (Phi) is 6.27. The number of hydrogen-bond acceptors (Lipinski definition) is 6. The van der Waals surface area contributed by atoms with E-state index >= 15 is 0 Å². The van der Waals surface area contributed by atoms with Gasteiger partial charge in [-0.3, -0.25) is 14.3 Å². The summed E-state index contributed by atoms with van der Waals surface area (Å²) in [6.45, 7) is 3.47. The average molecular weight is 376 g/mol. The number of aromatic nitrogens is 2. The zero-order valence-corrected chi connectivity index (χ0v) is 16.0. The van der Waals surface area contributed by atoms with Gasteiger partial charge < -0.3 is 25.3 Å². The van der Waals surface area contributed by atoms with E-state index in [-0.39, 0.29) is 35.8 Å². The molecule has 146 valence electrons. The van der Waals surface area contributed by atoms with Crippen molar-refractivity contribution >= 4 is 11.8 Å². The number of carbonyl (C=O) groups excluding carboxylic acids is 2. The number of methoxy groups -OCH3 is 2. The van der Waals surface area contributed by atoms with Crippen LogP contribution in [-0.2, 0) is 11.8 Å². The fourth-order valence-electron chi connectivity index (χ4n) is 2.60. The van der Waals surface area contributed by atoms with Gasteiger partial charge in [0.15, 0.2) is 18.1 Å². The third-order valence-electron chi connectivity index (χ3n) is 4.17. The standard InChI is InChI=1S/C18H24N4O5/c1-10(13-8-20-22(3)11(13)2)21-18(24)12-6-14(25-4)17(15(7-12)26-5)27-9-16(19)23/h6-8,10H,9H2,1-5H3,(H2,19,23)(H,21,24)/t10-/m0/s1. The van der Waals surface area contributed by atoms with Gasteiger partial charge in [0.05, 0.1) is 26.5 Å². The monoisotopic (exact) mass is 376 g/mol. The Morgan fingerprint density at radius 2 is 1.85 bits per heavy atom. The number of benzene rings is 1. The number of hydrogen-bond donors (Lipinski definition) is 2. The van der Waals surface area contributed by atoms with Gasteiger partial charge in [-0.2, -0.15) is 5.10 Å². The number of amides is 2. The van der Waals surface area contributed by atoms with E-state index in [0.29, 0.717) is 5.56 Å². The van der Waals surface area contributed by atoms with E-state index in [1.54, 1.807) is 10.9 Å². The van der Waals surface area contributed by atoms with Crippen LogP contribution in [0.4, 0.5) is 0 Å². The minimum atomic E-state index is -0.637. The smallest absolute Gasteiger partial charge is 0.255 e. The third-order valence-corrected chi connectivity index (χ3v) is 4.17. The van der Waals surface area contributed by atoms with Gasteiger partial charge in [0.1, 0.15) is 0 Å². The van der Waals surface area contributed by atoms with Crippen LogP contribution in [-0.4, -0.2) is 42.4 Å². The van der Waals surface area contributed by atoms with Gasteiger partial charge in [-0.15, -0.1) is 0 Å². The van der Waals surface area contributed by atoms with Gasteiger partial charge in [-0.1, -0.05) is 0 Å². The van der Waals surface area contributed by atoms with Crippen LogP contribution < -0.4 is 25.3 Å².